The zero-order valence-corrected chi connectivity index (χ0v) is 11.2. The molecule has 3 rings (SSSR count). The minimum absolute atomic E-state index is 0.595. The predicted octanol–water partition coefficient (Wildman–Crippen LogP) is 2.92. The van der Waals surface area contributed by atoms with Gasteiger partial charge in [0.2, 0.25) is 10.7 Å². The Hall–Kier alpha value is -1.62. The lowest BCUT2D eigenvalue weighted by atomic mass is 9.92. The van der Waals surface area contributed by atoms with Gasteiger partial charge in [-0.25, -0.2) is 5.10 Å². The molecule has 0 radical (unpaired) electrons. The molecule has 0 aliphatic heterocycles. The van der Waals surface area contributed by atoms with E-state index in [0.29, 0.717) is 10.8 Å². The number of anilines is 1. The van der Waals surface area contributed by atoms with Gasteiger partial charge in [-0.3, -0.25) is 4.57 Å². The quantitative estimate of drug-likeness (QED) is 0.862. The van der Waals surface area contributed by atoms with Crippen LogP contribution in [0, 0.1) is 4.77 Å². The number of hydrogen-bond acceptors (Lipinski definition) is 3. The molecule has 1 saturated carbocycles. The van der Waals surface area contributed by atoms with Crippen LogP contribution >= 0.6 is 12.2 Å². The lowest BCUT2D eigenvalue weighted by molar-refractivity contribution is 0.396. The lowest BCUT2D eigenvalue weighted by Crippen LogP contribution is -2.38. The summed E-state index contributed by atoms with van der Waals surface area (Å²) in [6, 6.07) is 10.7. The summed E-state index contributed by atoms with van der Waals surface area (Å²) in [5.74, 6) is 0.899. The molecule has 0 bridgehead atoms. The van der Waals surface area contributed by atoms with E-state index in [2.05, 4.69) is 22.1 Å². The molecule has 1 fully saturated rings. The van der Waals surface area contributed by atoms with Gasteiger partial charge in [-0.2, -0.15) is 0 Å². The molecule has 1 N–H and O–H groups in total. The number of para-hydroxylation sites is 1. The van der Waals surface area contributed by atoms with Gasteiger partial charge in [0.15, 0.2) is 0 Å². The molecule has 1 heterocycles. The van der Waals surface area contributed by atoms with Crippen molar-refractivity contribution in [2.24, 2.45) is 0 Å². The van der Waals surface area contributed by atoms with Crippen LogP contribution < -0.4 is 4.90 Å². The highest BCUT2D eigenvalue weighted by Gasteiger charge is 2.25. The van der Waals surface area contributed by atoms with E-state index in [1.165, 1.54) is 19.3 Å². The van der Waals surface area contributed by atoms with Crippen molar-refractivity contribution >= 4 is 18.2 Å². The van der Waals surface area contributed by atoms with Crippen LogP contribution in [0.3, 0.4) is 0 Å². The summed E-state index contributed by atoms with van der Waals surface area (Å²) in [7, 11) is 2.09. The molecule has 0 amide bonds. The molecular weight excluding hydrogens is 244 g/mol. The van der Waals surface area contributed by atoms with Crippen LogP contribution in [0.15, 0.2) is 30.3 Å². The monoisotopic (exact) mass is 260 g/mol. The number of benzene rings is 1. The van der Waals surface area contributed by atoms with E-state index in [1.807, 2.05) is 34.9 Å². The van der Waals surface area contributed by atoms with Gasteiger partial charge in [0, 0.05) is 13.1 Å². The Balaban J connectivity index is 2.04. The molecule has 1 aromatic heterocycles. The Morgan fingerprint density at radius 2 is 2.06 bits per heavy atom. The second kappa shape index (κ2) is 4.57. The van der Waals surface area contributed by atoms with Gasteiger partial charge in [0.25, 0.3) is 0 Å². The molecular formula is C13H16N4S. The summed E-state index contributed by atoms with van der Waals surface area (Å²) in [5.41, 5.74) is 1.05. The first-order chi connectivity index (χ1) is 8.77. The predicted molar refractivity (Wildman–Crippen MR) is 74.8 cm³/mol. The molecule has 1 aliphatic rings. The second-order valence-corrected chi connectivity index (χ2v) is 5.08. The molecule has 0 spiro atoms. The van der Waals surface area contributed by atoms with E-state index in [9.17, 15) is 0 Å². The molecule has 18 heavy (non-hydrogen) atoms. The number of hydrogen-bond donors (Lipinski definition) is 1. The standard InChI is InChI=1S/C13H16N4S/c1-16(10-8-5-9-10)12-14-15-13(18)17(12)11-6-3-2-4-7-11/h2-4,6-7,10H,5,8-9H2,1H3,(H,15,18). The fraction of sp³-hybridized carbons (Fsp3) is 0.385. The molecule has 1 aromatic carbocycles. The van der Waals surface area contributed by atoms with E-state index < -0.39 is 0 Å². The molecule has 94 valence electrons. The van der Waals surface area contributed by atoms with E-state index in [4.69, 9.17) is 12.2 Å². The van der Waals surface area contributed by atoms with Crippen LogP contribution in [0.4, 0.5) is 5.95 Å². The fourth-order valence-electron chi connectivity index (χ4n) is 2.27. The van der Waals surface area contributed by atoms with Crippen molar-refractivity contribution < 1.29 is 0 Å². The topological polar surface area (TPSA) is 36.9 Å². The summed E-state index contributed by atoms with van der Waals surface area (Å²) < 4.78 is 2.63. The van der Waals surface area contributed by atoms with Gasteiger partial charge in [0.1, 0.15) is 0 Å². The molecule has 0 unspecified atom stereocenters. The maximum Gasteiger partial charge on any atom is 0.230 e. The SMILES string of the molecule is CN(c1n[nH]c(=S)n1-c1ccccc1)C1CCC1. The van der Waals surface area contributed by atoms with E-state index in [-0.39, 0.29) is 0 Å². The summed E-state index contributed by atoms with van der Waals surface area (Å²) in [4.78, 5) is 2.22. The average molecular weight is 260 g/mol. The van der Waals surface area contributed by atoms with Crippen LogP contribution in [0.5, 0.6) is 0 Å². The fourth-order valence-corrected chi connectivity index (χ4v) is 2.51. The first-order valence-corrected chi connectivity index (χ1v) is 6.64. The Morgan fingerprint density at radius 3 is 2.67 bits per heavy atom. The van der Waals surface area contributed by atoms with E-state index >= 15 is 0 Å². The highest BCUT2D eigenvalue weighted by atomic mass is 32.1. The summed E-state index contributed by atoms with van der Waals surface area (Å²) in [6.45, 7) is 0. The normalized spacial score (nSPS) is 15.4. The highest BCUT2D eigenvalue weighted by Crippen LogP contribution is 2.28. The minimum atomic E-state index is 0.595. The Kier molecular flexibility index (Phi) is 2.91. The van der Waals surface area contributed by atoms with Crippen molar-refractivity contribution in [1.82, 2.24) is 14.8 Å². The zero-order chi connectivity index (χ0) is 12.5. The number of aromatic amines is 1. The molecule has 5 heteroatoms. The maximum atomic E-state index is 5.33. The number of nitrogens with zero attached hydrogens (tertiary/aromatic N) is 3. The largest absolute Gasteiger partial charge is 0.341 e. The van der Waals surface area contributed by atoms with Crippen molar-refractivity contribution in [2.45, 2.75) is 25.3 Å². The van der Waals surface area contributed by atoms with Gasteiger partial charge in [-0.15, -0.1) is 5.10 Å². The van der Waals surface area contributed by atoms with Gasteiger partial charge >= 0.3 is 0 Å². The third-order valence-electron chi connectivity index (χ3n) is 3.61. The van der Waals surface area contributed by atoms with Gasteiger partial charge in [-0.05, 0) is 43.6 Å². The van der Waals surface area contributed by atoms with Crippen molar-refractivity contribution in [1.29, 1.82) is 0 Å². The third-order valence-corrected chi connectivity index (χ3v) is 3.88. The van der Waals surface area contributed by atoms with E-state index in [1.54, 1.807) is 0 Å². The molecule has 0 saturated heterocycles. The molecule has 0 atom stereocenters. The van der Waals surface area contributed by atoms with Crippen molar-refractivity contribution in [3.63, 3.8) is 0 Å². The number of H-pyrrole nitrogens is 1. The van der Waals surface area contributed by atoms with Crippen LogP contribution in [-0.4, -0.2) is 27.9 Å². The van der Waals surface area contributed by atoms with Gasteiger partial charge in [-0.1, -0.05) is 18.2 Å². The Morgan fingerprint density at radius 1 is 1.33 bits per heavy atom. The van der Waals surface area contributed by atoms with Crippen molar-refractivity contribution in [3.05, 3.63) is 35.1 Å². The highest BCUT2D eigenvalue weighted by molar-refractivity contribution is 7.71. The average Bonchev–Trinajstić information content (AvgIpc) is 2.70. The third kappa shape index (κ3) is 1.84. The minimum Gasteiger partial charge on any atom is -0.341 e. The van der Waals surface area contributed by atoms with Gasteiger partial charge in [0.05, 0.1) is 5.69 Å². The number of nitrogens with one attached hydrogen (secondary N) is 1. The summed E-state index contributed by atoms with van der Waals surface area (Å²) >= 11 is 5.33. The van der Waals surface area contributed by atoms with Crippen LogP contribution in [0.25, 0.3) is 5.69 Å². The Bertz CT molecular complexity index is 583. The number of aromatic nitrogens is 3. The smallest absolute Gasteiger partial charge is 0.230 e. The lowest BCUT2D eigenvalue weighted by Gasteiger charge is -2.35. The van der Waals surface area contributed by atoms with Crippen LogP contribution in [-0.2, 0) is 0 Å². The zero-order valence-electron chi connectivity index (χ0n) is 10.3. The molecule has 4 nitrogen and oxygen atoms in total. The summed E-state index contributed by atoms with van der Waals surface area (Å²) in [5, 5.41) is 7.26. The Labute approximate surface area is 111 Å². The van der Waals surface area contributed by atoms with Crippen molar-refractivity contribution in [2.75, 3.05) is 11.9 Å². The number of rotatable bonds is 3. The maximum absolute atomic E-state index is 5.33. The van der Waals surface area contributed by atoms with E-state index in [0.717, 1.165) is 11.6 Å². The van der Waals surface area contributed by atoms with Gasteiger partial charge < -0.3 is 4.90 Å². The van der Waals surface area contributed by atoms with Crippen molar-refractivity contribution in [3.8, 4) is 5.69 Å². The molecule has 2 aromatic rings. The van der Waals surface area contributed by atoms with Crippen LogP contribution in [0.1, 0.15) is 19.3 Å². The first-order valence-electron chi connectivity index (χ1n) is 6.23. The molecule has 1 aliphatic carbocycles. The van der Waals surface area contributed by atoms with Crippen LogP contribution in [0.2, 0.25) is 0 Å². The summed E-state index contributed by atoms with van der Waals surface area (Å²) in [6.07, 6.45) is 3.79. The first kappa shape index (κ1) is 11.5. The second-order valence-electron chi connectivity index (χ2n) is 4.70.